The summed E-state index contributed by atoms with van der Waals surface area (Å²) < 4.78 is 12.0. The first-order chi connectivity index (χ1) is 15.9. The molecule has 0 saturated heterocycles. The first kappa shape index (κ1) is 24.9. The lowest BCUT2D eigenvalue weighted by atomic mass is 9.97. The van der Waals surface area contributed by atoms with Crippen molar-refractivity contribution in [3.05, 3.63) is 65.7 Å². The second-order valence-electron chi connectivity index (χ2n) is 8.97. The number of ether oxygens (including phenoxy) is 2. The molecule has 5 heteroatoms. The van der Waals surface area contributed by atoms with Crippen LogP contribution in [-0.2, 0) is 6.42 Å². The molecule has 0 atom stereocenters. The zero-order valence-electron chi connectivity index (χ0n) is 20.3. The average Bonchev–Trinajstić information content (AvgIpc) is 2.78. The van der Waals surface area contributed by atoms with Crippen molar-refractivity contribution in [3.63, 3.8) is 0 Å². The van der Waals surface area contributed by atoms with Crippen LogP contribution in [0.3, 0.4) is 0 Å². The average molecular weight is 452 g/mol. The summed E-state index contributed by atoms with van der Waals surface area (Å²) in [7, 11) is 0. The van der Waals surface area contributed by atoms with Crippen LogP contribution >= 0.6 is 0 Å². The van der Waals surface area contributed by atoms with Gasteiger partial charge in [0.15, 0.2) is 0 Å². The Morgan fingerprint density at radius 3 is 2.24 bits per heavy atom. The van der Waals surface area contributed by atoms with Gasteiger partial charge in [-0.15, -0.1) is 0 Å². The van der Waals surface area contributed by atoms with Gasteiger partial charge in [0.1, 0.15) is 23.9 Å². The number of hydrogen-bond donors (Lipinski definition) is 2. The molecule has 0 radical (unpaired) electrons. The number of hydrogen-bond acceptors (Lipinski definition) is 5. The number of nitrogens with zero attached hydrogens (tertiary/aromatic N) is 1. The van der Waals surface area contributed by atoms with Gasteiger partial charge in [-0.05, 0) is 74.4 Å². The van der Waals surface area contributed by atoms with E-state index in [4.69, 9.17) is 14.6 Å². The minimum Gasteiger partial charge on any atom is -0.508 e. The molecule has 33 heavy (non-hydrogen) atoms. The molecule has 3 aromatic carbocycles. The van der Waals surface area contributed by atoms with Gasteiger partial charge >= 0.3 is 0 Å². The highest BCUT2D eigenvalue weighted by Crippen LogP contribution is 2.32. The summed E-state index contributed by atoms with van der Waals surface area (Å²) >= 11 is 0. The number of rotatable bonds is 12. The van der Waals surface area contributed by atoms with Gasteiger partial charge in [0.05, 0.1) is 6.61 Å². The van der Waals surface area contributed by atoms with Crippen molar-refractivity contribution in [2.24, 2.45) is 0 Å². The molecule has 0 amide bonds. The van der Waals surface area contributed by atoms with Gasteiger partial charge in [-0.3, -0.25) is 4.90 Å². The lowest BCUT2D eigenvalue weighted by molar-refractivity contribution is 0.142. The Hall–Kier alpha value is -2.76. The number of aromatic hydroxyl groups is 1. The maximum absolute atomic E-state index is 9.87. The number of aliphatic hydroxyl groups is 1. The first-order valence-corrected chi connectivity index (χ1v) is 11.8. The molecule has 3 aromatic rings. The maximum atomic E-state index is 9.87. The SMILES string of the molecule is CC(C)N(CCOc1ccc(Cc2c(OCCCO)ccc3cc(O)ccc23)cc1)C(C)C. The van der Waals surface area contributed by atoms with E-state index in [0.717, 1.165) is 39.9 Å². The summed E-state index contributed by atoms with van der Waals surface area (Å²) in [6.45, 7) is 11.0. The van der Waals surface area contributed by atoms with Crippen LogP contribution in [0.1, 0.15) is 45.2 Å². The van der Waals surface area contributed by atoms with E-state index >= 15 is 0 Å². The summed E-state index contributed by atoms with van der Waals surface area (Å²) in [5, 5.41) is 21.0. The molecule has 0 heterocycles. The highest BCUT2D eigenvalue weighted by Gasteiger charge is 2.13. The fourth-order valence-electron chi connectivity index (χ4n) is 4.22. The number of phenolic OH excluding ortho intramolecular Hbond substituents is 1. The molecule has 0 spiro atoms. The van der Waals surface area contributed by atoms with E-state index in [1.807, 2.05) is 30.3 Å². The Labute approximate surface area is 197 Å². The van der Waals surface area contributed by atoms with Crippen molar-refractivity contribution in [1.82, 2.24) is 4.90 Å². The van der Waals surface area contributed by atoms with E-state index in [-0.39, 0.29) is 12.4 Å². The predicted octanol–water partition coefficient (Wildman–Crippen LogP) is 5.40. The molecular formula is C28H37NO4. The molecule has 2 N–H and O–H groups in total. The van der Waals surface area contributed by atoms with E-state index in [2.05, 4.69) is 44.7 Å². The Bertz CT molecular complexity index is 1010. The molecule has 0 saturated carbocycles. The molecule has 0 aromatic heterocycles. The Kier molecular flexibility index (Phi) is 8.98. The van der Waals surface area contributed by atoms with Crippen LogP contribution in [0.4, 0.5) is 0 Å². The van der Waals surface area contributed by atoms with Gasteiger partial charge in [0.25, 0.3) is 0 Å². The summed E-state index contributed by atoms with van der Waals surface area (Å²) in [6, 6.07) is 18.5. The van der Waals surface area contributed by atoms with Crippen LogP contribution in [-0.4, -0.2) is 53.6 Å². The van der Waals surface area contributed by atoms with E-state index in [9.17, 15) is 5.11 Å². The third-order valence-electron chi connectivity index (χ3n) is 5.88. The molecule has 3 rings (SSSR count). The monoisotopic (exact) mass is 451 g/mol. The molecule has 178 valence electrons. The van der Waals surface area contributed by atoms with Crippen LogP contribution in [0.15, 0.2) is 54.6 Å². The highest BCUT2D eigenvalue weighted by molar-refractivity contribution is 5.89. The molecular weight excluding hydrogens is 414 g/mol. The fourth-order valence-corrected chi connectivity index (χ4v) is 4.22. The third kappa shape index (κ3) is 6.86. The van der Waals surface area contributed by atoms with Gasteiger partial charge < -0.3 is 19.7 Å². The zero-order valence-corrected chi connectivity index (χ0v) is 20.3. The van der Waals surface area contributed by atoms with Crippen LogP contribution < -0.4 is 9.47 Å². The zero-order chi connectivity index (χ0) is 23.8. The van der Waals surface area contributed by atoms with Crippen LogP contribution in [0.5, 0.6) is 17.2 Å². The summed E-state index contributed by atoms with van der Waals surface area (Å²) in [5.74, 6) is 1.93. The minimum absolute atomic E-state index is 0.102. The van der Waals surface area contributed by atoms with Gasteiger partial charge in [0, 0.05) is 43.6 Å². The van der Waals surface area contributed by atoms with Gasteiger partial charge in [0.2, 0.25) is 0 Å². The van der Waals surface area contributed by atoms with Crippen LogP contribution in [0, 0.1) is 0 Å². The Balaban J connectivity index is 1.73. The molecule has 0 aliphatic rings. The molecule has 0 unspecified atom stereocenters. The Morgan fingerprint density at radius 1 is 0.848 bits per heavy atom. The predicted molar refractivity (Wildman–Crippen MR) is 135 cm³/mol. The van der Waals surface area contributed by atoms with Crippen LogP contribution in [0.2, 0.25) is 0 Å². The quantitative estimate of drug-likeness (QED) is 0.361. The van der Waals surface area contributed by atoms with Crippen molar-refractivity contribution < 1.29 is 19.7 Å². The van der Waals surface area contributed by atoms with Crippen molar-refractivity contribution >= 4 is 10.8 Å². The van der Waals surface area contributed by atoms with Crippen molar-refractivity contribution in [2.45, 2.75) is 52.6 Å². The van der Waals surface area contributed by atoms with E-state index in [1.165, 1.54) is 0 Å². The number of benzene rings is 3. The largest absolute Gasteiger partial charge is 0.508 e. The minimum atomic E-state index is 0.102. The Morgan fingerprint density at radius 2 is 1.58 bits per heavy atom. The standard InChI is InChI=1S/C28H37NO4/c1-20(2)29(21(3)4)14-17-32-25-10-6-22(7-11-25)18-27-26-12-9-24(31)19-23(26)8-13-28(27)33-16-5-15-30/h6-13,19-21,30-31H,5,14-18H2,1-4H3. The lowest BCUT2D eigenvalue weighted by Crippen LogP contribution is -2.39. The number of aliphatic hydroxyl groups excluding tert-OH is 1. The lowest BCUT2D eigenvalue weighted by Gasteiger charge is -2.30. The van der Waals surface area contributed by atoms with Gasteiger partial charge in [-0.2, -0.15) is 0 Å². The summed E-state index contributed by atoms with van der Waals surface area (Å²) in [4.78, 5) is 2.42. The topological polar surface area (TPSA) is 62.2 Å². The second-order valence-corrected chi connectivity index (χ2v) is 8.97. The van der Waals surface area contributed by atoms with E-state index in [0.29, 0.717) is 38.1 Å². The molecule has 0 bridgehead atoms. The van der Waals surface area contributed by atoms with Gasteiger partial charge in [-0.1, -0.05) is 24.3 Å². The molecule has 0 aliphatic heterocycles. The van der Waals surface area contributed by atoms with E-state index in [1.54, 1.807) is 12.1 Å². The molecule has 5 nitrogen and oxygen atoms in total. The summed E-state index contributed by atoms with van der Waals surface area (Å²) in [6.07, 6.45) is 1.29. The summed E-state index contributed by atoms with van der Waals surface area (Å²) in [5.41, 5.74) is 2.23. The van der Waals surface area contributed by atoms with E-state index < -0.39 is 0 Å². The molecule has 0 fully saturated rings. The van der Waals surface area contributed by atoms with Gasteiger partial charge in [-0.25, -0.2) is 0 Å². The van der Waals surface area contributed by atoms with Crippen molar-refractivity contribution in [1.29, 1.82) is 0 Å². The van der Waals surface area contributed by atoms with Crippen molar-refractivity contribution in [2.75, 3.05) is 26.4 Å². The molecule has 0 aliphatic carbocycles. The highest BCUT2D eigenvalue weighted by atomic mass is 16.5. The smallest absolute Gasteiger partial charge is 0.123 e. The number of fused-ring (bicyclic) bond motifs is 1. The second kappa shape index (κ2) is 11.9. The fraction of sp³-hybridized carbons (Fsp3) is 0.429. The maximum Gasteiger partial charge on any atom is 0.123 e. The number of phenols is 1. The first-order valence-electron chi connectivity index (χ1n) is 11.8. The van der Waals surface area contributed by atoms with Crippen LogP contribution in [0.25, 0.3) is 10.8 Å². The normalized spacial score (nSPS) is 11.6. The third-order valence-corrected chi connectivity index (χ3v) is 5.88. The van der Waals surface area contributed by atoms with Crippen molar-refractivity contribution in [3.8, 4) is 17.2 Å².